The smallest absolute Gasteiger partial charge is 0.254 e. The van der Waals surface area contributed by atoms with Gasteiger partial charge >= 0.3 is 0 Å². The summed E-state index contributed by atoms with van der Waals surface area (Å²) in [7, 11) is 0. The van der Waals surface area contributed by atoms with Crippen molar-refractivity contribution in [2.75, 3.05) is 6.54 Å². The Morgan fingerprint density at radius 2 is 1.76 bits per heavy atom. The van der Waals surface area contributed by atoms with Gasteiger partial charge in [-0.1, -0.05) is 29.8 Å². The Hall–Kier alpha value is -2.16. The van der Waals surface area contributed by atoms with Gasteiger partial charge in [-0.05, 0) is 49.6 Å². The molecule has 0 aliphatic carbocycles. The van der Waals surface area contributed by atoms with E-state index >= 15 is 0 Å². The van der Waals surface area contributed by atoms with E-state index in [1.54, 1.807) is 12.1 Å². The van der Waals surface area contributed by atoms with Gasteiger partial charge < -0.3 is 4.90 Å². The highest BCUT2D eigenvalue weighted by Crippen LogP contribution is 2.33. The Balaban J connectivity index is 1.85. The first kappa shape index (κ1) is 13.8. The van der Waals surface area contributed by atoms with Crippen molar-refractivity contribution >= 4 is 5.91 Å². The van der Waals surface area contributed by atoms with Crippen LogP contribution in [0.5, 0.6) is 0 Å². The third kappa shape index (κ3) is 2.82. The largest absolute Gasteiger partial charge is 0.332 e. The molecule has 1 fully saturated rings. The van der Waals surface area contributed by atoms with Gasteiger partial charge in [0.15, 0.2) is 0 Å². The monoisotopic (exact) mass is 283 g/mol. The van der Waals surface area contributed by atoms with Crippen LogP contribution >= 0.6 is 0 Å². The molecule has 1 atom stereocenters. The number of hydrogen-bond acceptors (Lipinski definition) is 1. The van der Waals surface area contributed by atoms with Crippen LogP contribution in [0.3, 0.4) is 0 Å². The standard InChI is InChI=1S/C18H18FNO/c1-13-4-6-15(7-5-13)18(21)20-12-2-3-17(20)14-8-10-16(19)11-9-14/h4-11,17H,2-3,12H2,1H3/t17-/m1/s1. The number of halogens is 1. The van der Waals surface area contributed by atoms with Gasteiger partial charge in [0.05, 0.1) is 6.04 Å². The lowest BCUT2D eigenvalue weighted by atomic mass is 10.0. The predicted molar refractivity (Wildman–Crippen MR) is 80.6 cm³/mol. The van der Waals surface area contributed by atoms with Gasteiger partial charge in [0.1, 0.15) is 5.82 Å². The van der Waals surface area contributed by atoms with E-state index in [-0.39, 0.29) is 17.8 Å². The second-order valence-corrected chi connectivity index (χ2v) is 5.57. The number of hydrogen-bond donors (Lipinski definition) is 0. The summed E-state index contributed by atoms with van der Waals surface area (Å²) in [5, 5.41) is 0. The first-order valence-electron chi connectivity index (χ1n) is 7.28. The molecule has 0 bridgehead atoms. The van der Waals surface area contributed by atoms with E-state index in [2.05, 4.69) is 0 Å². The second-order valence-electron chi connectivity index (χ2n) is 5.57. The van der Waals surface area contributed by atoms with Gasteiger partial charge in [-0.15, -0.1) is 0 Å². The molecular weight excluding hydrogens is 265 g/mol. The second kappa shape index (κ2) is 5.68. The summed E-state index contributed by atoms with van der Waals surface area (Å²) in [6.45, 7) is 2.76. The number of likely N-dealkylation sites (tertiary alicyclic amines) is 1. The minimum Gasteiger partial charge on any atom is -0.332 e. The summed E-state index contributed by atoms with van der Waals surface area (Å²) >= 11 is 0. The van der Waals surface area contributed by atoms with Crippen LogP contribution in [0.1, 0.15) is 40.4 Å². The molecule has 1 saturated heterocycles. The summed E-state index contributed by atoms with van der Waals surface area (Å²) < 4.78 is 13.1. The number of amides is 1. The first-order valence-corrected chi connectivity index (χ1v) is 7.28. The highest BCUT2D eigenvalue weighted by Gasteiger charge is 2.30. The van der Waals surface area contributed by atoms with Crippen molar-refractivity contribution < 1.29 is 9.18 Å². The van der Waals surface area contributed by atoms with E-state index in [1.165, 1.54) is 12.1 Å². The SMILES string of the molecule is Cc1ccc(C(=O)N2CCC[C@@H]2c2ccc(F)cc2)cc1. The molecule has 0 unspecified atom stereocenters. The molecule has 1 amide bonds. The number of carbonyl (C=O) groups is 1. The van der Waals surface area contributed by atoms with Gasteiger partial charge in [0, 0.05) is 12.1 Å². The Morgan fingerprint density at radius 1 is 1.10 bits per heavy atom. The fourth-order valence-corrected chi connectivity index (χ4v) is 2.90. The van der Waals surface area contributed by atoms with E-state index in [0.717, 1.165) is 36.1 Å². The lowest BCUT2D eigenvalue weighted by Gasteiger charge is -2.25. The van der Waals surface area contributed by atoms with Crippen molar-refractivity contribution in [1.82, 2.24) is 4.90 Å². The van der Waals surface area contributed by atoms with E-state index in [1.807, 2.05) is 36.1 Å². The van der Waals surface area contributed by atoms with Crippen molar-refractivity contribution in [3.8, 4) is 0 Å². The molecular formula is C18H18FNO. The molecule has 0 spiro atoms. The van der Waals surface area contributed by atoms with Crippen molar-refractivity contribution in [2.45, 2.75) is 25.8 Å². The highest BCUT2D eigenvalue weighted by atomic mass is 19.1. The molecule has 0 radical (unpaired) electrons. The number of aryl methyl sites for hydroxylation is 1. The molecule has 0 aromatic heterocycles. The molecule has 2 aromatic carbocycles. The lowest BCUT2D eigenvalue weighted by molar-refractivity contribution is 0.0735. The summed E-state index contributed by atoms with van der Waals surface area (Å²) in [6, 6.07) is 14.2. The van der Waals surface area contributed by atoms with Crippen LogP contribution < -0.4 is 0 Å². The third-order valence-electron chi connectivity index (χ3n) is 4.07. The molecule has 108 valence electrons. The zero-order valence-corrected chi connectivity index (χ0v) is 12.1. The maximum Gasteiger partial charge on any atom is 0.254 e. The summed E-state index contributed by atoms with van der Waals surface area (Å²) in [6.07, 6.45) is 1.92. The van der Waals surface area contributed by atoms with Gasteiger partial charge in [0.2, 0.25) is 0 Å². The van der Waals surface area contributed by atoms with Crippen LogP contribution in [0.2, 0.25) is 0 Å². The minimum atomic E-state index is -0.242. The van der Waals surface area contributed by atoms with E-state index in [4.69, 9.17) is 0 Å². The lowest BCUT2D eigenvalue weighted by Crippen LogP contribution is -2.30. The molecule has 1 aliphatic heterocycles. The van der Waals surface area contributed by atoms with Crippen molar-refractivity contribution in [3.05, 3.63) is 71.0 Å². The minimum absolute atomic E-state index is 0.0550. The fourth-order valence-electron chi connectivity index (χ4n) is 2.90. The molecule has 3 heteroatoms. The van der Waals surface area contributed by atoms with E-state index < -0.39 is 0 Å². The van der Waals surface area contributed by atoms with Crippen LogP contribution in [0.25, 0.3) is 0 Å². The van der Waals surface area contributed by atoms with Gasteiger partial charge in [-0.3, -0.25) is 4.79 Å². The van der Waals surface area contributed by atoms with Gasteiger partial charge in [-0.25, -0.2) is 4.39 Å². The van der Waals surface area contributed by atoms with Crippen molar-refractivity contribution in [1.29, 1.82) is 0 Å². The zero-order valence-electron chi connectivity index (χ0n) is 12.1. The molecule has 0 N–H and O–H groups in total. The van der Waals surface area contributed by atoms with Crippen LogP contribution in [0.15, 0.2) is 48.5 Å². The summed E-state index contributed by atoms with van der Waals surface area (Å²) in [5.41, 5.74) is 2.87. The van der Waals surface area contributed by atoms with Crippen molar-refractivity contribution in [2.24, 2.45) is 0 Å². The summed E-state index contributed by atoms with van der Waals surface area (Å²) in [5.74, 6) is -0.185. The average molecular weight is 283 g/mol. The highest BCUT2D eigenvalue weighted by molar-refractivity contribution is 5.94. The average Bonchev–Trinajstić information content (AvgIpc) is 2.97. The molecule has 2 nitrogen and oxygen atoms in total. The number of benzene rings is 2. The Labute approximate surface area is 124 Å². The summed E-state index contributed by atoms with van der Waals surface area (Å²) in [4.78, 5) is 14.6. The number of rotatable bonds is 2. The normalized spacial score (nSPS) is 18.0. The van der Waals surface area contributed by atoms with Gasteiger partial charge in [-0.2, -0.15) is 0 Å². The first-order chi connectivity index (χ1) is 10.1. The van der Waals surface area contributed by atoms with E-state index in [9.17, 15) is 9.18 Å². The van der Waals surface area contributed by atoms with E-state index in [0.29, 0.717) is 0 Å². The number of nitrogens with zero attached hydrogens (tertiary/aromatic N) is 1. The molecule has 2 aromatic rings. The molecule has 0 saturated carbocycles. The quantitative estimate of drug-likeness (QED) is 0.812. The van der Waals surface area contributed by atoms with Crippen molar-refractivity contribution in [3.63, 3.8) is 0 Å². The maximum atomic E-state index is 13.1. The van der Waals surface area contributed by atoms with Crippen LogP contribution in [-0.4, -0.2) is 17.4 Å². The predicted octanol–water partition coefficient (Wildman–Crippen LogP) is 4.11. The molecule has 1 aliphatic rings. The maximum absolute atomic E-state index is 13.1. The fraction of sp³-hybridized carbons (Fsp3) is 0.278. The van der Waals surface area contributed by atoms with Gasteiger partial charge in [0.25, 0.3) is 5.91 Å². The van der Waals surface area contributed by atoms with Crippen LogP contribution in [0, 0.1) is 12.7 Å². The Morgan fingerprint density at radius 3 is 2.43 bits per heavy atom. The topological polar surface area (TPSA) is 20.3 Å². The van der Waals surface area contributed by atoms with Crippen LogP contribution in [0.4, 0.5) is 4.39 Å². The molecule has 21 heavy (non-hydrogen) atoms. The van der Waals surface area contributed by atoms with Crippen LogP contribution in [-0.2, 0) is 0 Å². The Kier molecular flexibility index (Phi) is 3.74. The zero-order chi connectivity index (χ0) is 14.8. The molecule has 3 rings (SSSR count). The number of carbonyl (C=O) groups excluding carboxylic acids is 1. The Bertz CT molecular complexity index is 633. The molecule has 1 heterocycles. The third-order valence-corrected chi connectivity index (χ3v) is 4.07.